The number of rotatable bonds is 4. The lowest BCUT2D eigenvalue weighted by Gasteiger charge is -2.34. The van der Waals surface area contributed by atoms with Gasteiger partial charge in [-0.05, 0) is 51.3 Å². The summed E-state index contributed by atoms with van der Waals surface area (Å²) < 4.78 is 0. The molecule has 5 nitrogen and oxygen atoms in total. The van der Waals surface area contributed by atoms with Crippen LogP contribution in [0.2, 0.25) is 0 Å². The summed E-state index contributed by atoms with van der Waals surface area (Å²) in [4.78, 5) is 15.9. The number of anilines is 1. The summed E-state index contributed by atoms with van der Waals surface area (Å²) in [7, 11) is 0. The van der Waals surface area contributed by atoms with Crippen molar-refractivity contribution in [2.45, 2.75) is 33.6 Å². The Morgan fingerprint density at radius 2 is 2.10 bits per heavy atom. The van der Waals surface area contributed by atoms with Crippen LogP contribution in [0.5, 0.6) is 0 Å². The van der Waals surface area contributed by atoms with Crippen molar-refractivity contribution < 1.29 is 4.79 Å². The van der Waals surface area contributed by atoms with Crippen molar-refractivity contribution >= 4 is 11.6 Å². The second kappa shape index (κ2) is 5.79. The number of nitrogens with zero attached hydrogens (tertiary/aromatic N) is 1. The van der Waals surface area contributed by atoms with E-state index in [-0.39, 0.29) is 5.41 Å². The highest BCUT2D eigenvalue weighted by atomic mass is 16.1. The number of amides is 1. The van der Waals surface area contributed by atoms with Crippen molar-refractivity contribution in [3.63, 3.8) is 0 Å². The Morgan fingerprint density at radius 3 is 2.70 bits per heavy atom. The maximum Gasteiger partial charge on any atom is 0.252 e. The number of carbonyl (C=O) groups is 1. The number of piperidine rings is 1. The van der Waals surface area contributed by atoms with E-state index in [2.05, 4.69) is 22.5 Å². The van der Waals surface area contributed by atoms with E-state index in [1.54, 1.807) is 0 Å². The fourth-order valence-corrected chi connectivity index (χ4v) is 2.79. The van der Waals surface area contributed by atoms with Crippen molar-refractivity contribution in [1.29, 1.82) is 0 Å². The second-order valence-electron chi connectivity index (χ2n) is 6.05. The van der Waals surface area contributed by atoms with Crippen LogP contribution >= 0.6 is 0 Å². The molecule has 0 saturated carbocycles. The number of nitrogens with one attached hydrogen (secondary N) is 2. The molecular formula is C15H24N4O. The van der Waals surface area contributed by atoms with E-state index in [1.807, 2.05) is 19.9 Å². The predicted octanol–water partition coefficient (Wildman–Crippen LogP) is 1.60. The quantitative estimate of drug-likeness (QED) is 0.780. The van der Waals surface area contributed by atoms with Gasteiger partial charge in [0, 0.05) is 12.2 Å². The summed E-state index contributed by atoms with van der Waals surface area (Å²) in [6.07, 6.45) is 2.27. The zero-order chi connectivity index (χ0) is 14.8. The summed E-state index contributed by atoms with van der Waals surface area (Å²) in [5.41, 5.74) is 8.63. The van der Waals surface area contributed by atoms with E-state index < -0.39 is 5.91 Å². The molecule has 110 valence electrons. The van der Waals surface area contributed by atoms with Gasteiger partial charge in [0.1, 0.15) is 0 Å². The summed E-state index contributed by atoms with van der Waals surface area (Å²) >= 11 is 0. The van der Waals surface area contributed by atoms with E-state index >= 15 is 0 Å². The molecule has 2 heterocycles. The van der Waals surface area contributed by atoms with Crippen LogP contribution in [-0.2, 0) is 0 Å². The normalized spacial score (nSPS) is 17.8. The van der Waals surface area contributed by atoms with Gasteiger partial charge in [0.2, 0.25) is 0 Å². The van der Waals surface area contributed by atoms with Gasteiger partial charge in [0.15, 0.2) is 0 Å². The number of aromatic nitrogens is 1. The van der Waals surface area contributed by atoms with Gasteiger partial charge in [-0.15, -0.1) is 0 Å². The number of pyridine rings is 1. The molecule has 0 radical (unpaired) electrons. The topological polar surface area (TPSA) is 80.0 Å². The van der Waals surface area contributed by atoms with Crippen molar-refractivity contribution in [2.24, 2.45) is 11.1 Å². The number of nitrogens with two attached hydrogens (primary N) is 1. The van der Waals surface area contributed by atoms with E-state index in [1.165, 1.54) is 0 Å². The van der Waals surface area contributed by atoms with Crippen molar-refractivity contribution in [1.82, 2.24) is 10.3 Å². The molecule has 0 bridgehead atoms. The van der Waals surface area contributed by atoms with Crippen LogP contribution in [0.25, 0.3) is 0 Å². The van der Waals surface area contributed by atoms with Crippen LogP contribution < -0.4 is 16.4 Å². The highest BCUT2D eigenvalue weighted by Gasteiger charge is 2.27. The van der Waals surface area contributed by atoms with Gasteiger partial charge in [-0.1, -0.05) is 6.92 Å². The molecule has 4 N–H and O–H groups in total. The fraction of sp³-hybridized carbons (Fsp3) is 0.600. The third-order valence-corrected chi connectivity index (χ3v) is 4.09. The van der Waals surface area contributed by atoms with Crippen LogP contribution in [0.3, 0.4) is 0 Å². The maximum atomic E-state index is 11.6. The average Bonchev–Trinajstić information content (AvgIpc) is 2.36. The zero-order valence-corrected chi connectivity index (χ0v) is 12.5. The van der Waals surface area contributed by atoms with E-state index in [4.69, 9.17) is 5.73 Å². The van der Waals surface area contributed by atoms with Crippen LogP contribution in [-0.4, -0.2) is 30.5 Å². The molecule has 1 aromatic rings. The highest BCUT2D eigenvalue weighted by molar-refractivity contribution is 5.99. The van der Waals surface area contributed by atoms with Crippen LogP contribution in [0.4, 0.5) is 5.69 Å². The highest BCUT2D eigenvalue weighted by Crippen LogP contribution is 2.29. The Hall–Kier alpha value is -1.62. The number of primary amides is 1. The molecule has 1 aliphatic heterocycles. The average molecular weight is 276 g/mol. The summed E-state index contributed by atoms with van der Waals surface area (Å²) in [6.45, 7) is 8.98. The SMILES string of the molecule is Cc1cc(NCC2(C)CCNCC2)c(C(N)=O)c(C)n1. The van der Waals surface area contributed by atoms with Crippen molar-refractivity contribution in [3.05, 3.63) is 23.0 Å². The number of carbonyl (C=O) groups excluding carboxylic acids is 1. The Morgan fingerprint density at radius 1 is 1.45 bits per heavy atom. The molecule has 1 saturated heterocycles. The Labute approximate surface area is 120 Å². The molecule has 5 heteroatoms. The molecule has 1 aromatic heterocycles. The van der Waals surface area contributed by atoms with E-state index in [0.717, 1.165) is 43.9 Å². The van der Waals surface area contributed by atoms with Gasteiger partial charge in [0.05, 0.1) is 16.9 Å². The lowest BCUT2D eigenvalue weighted by molar-refractivity contribution is 0.1000. The maximum absolute atomic E-state index is 11.6. The standard InChI is InChI=1S/C15H24N4O/c1-10-8-12(13(14(16)20)11(2)19-10)18-9-15(3)4-6-17-7-5-15/h8,17H,4-7,9H2,1-3H3,(H2,16,20)(H,18,19). The van der Waals surface area contributed by atoms with Gasteiger partial charge in [-0.3, -0.25) is 9.78 Å². The smallest absolute Gasteiger partial charge is 0.252 e. The van der Waals surface area contributed by atoms with Crippen molar-refractivity contribution in [3.8, 4) is 0 Å². The first-order valence-electron chi connectivity index (χ1n) is 7.14. The predicted molar refractivity (Wildman–Crippen MR) is 80.9 cm³/mol. The Balaban J connectivity index is 2.18. The molecular weight excluding hydrogens is 252 g/mol. The molecule has 2 rings (SSSR count). The number of hydrogen-bond donors (Lipinski definition) is 3. The zero-order valence-electron chi connectivity index (χ0n) is 12.5. The molecule has 0 aliphatic carbocycles. The molecule has 0 atom stereocenters. The van der Waals surface area contributed by atoms with Gasteiger partial charge in [0.25, 0.3) is 5.91 Å². The first-order valence-corrected chi connectivity index (χ1v) is 7.14. The van der Waals surface area contributed by atoms with E-state index in [0.29, 0.717) is 11.3 Å². The molecule has 0 spiro atoms. The number of aryl methyl sites for hydroxylation is 2. The van der Waals surface area contributed by atoms with Crippen LogP contribution in [0.1, 0.15) is 41.5 Å². The van der Waals surface area contributed by atoms with Gasteiger partial charge in [-0.2, -0.15) is 0 Å². The molecule has 20 heavy (non-hydrogen) atoms. The largest absolute Gasteiger partial charge is 0.384 e. The first kappa shape index (κ1) is 14.8. The fourth-order valence-electron chi connectivity index (χ4n) is 2.79. The van der Waals surface area contributed by atoms with Gasteiger partial charge < -0.3 is 16.4 Å². The van der Waals surface area contributed by atoms with E-state index in [9.17, 15) is 4.79 Å². The van der Waals surface area contributed by atoms with Gasteiger partial charge in [-0.25, -0.2) is 0 Å². The summed E-state index contributed by atoms with van der Waals surface area (Å²) in [5.74, 6) is -0.423. The first-order chi connectivity index (χ1) is 9.41. The minimum atomic E-state index is -0.423. The molecule has 0 aromatic carbocycles. The minimum Gasteiger partial charge on any atom is -0.384 e. The molecule has 0 unspecified atom stereocenters. The third kappa shape index (κ3) is 3.28. The third-order valence-electron chi connectivity index (χ3n) is 4.09. The van der Waals surface area contributed by atoms with Crippen molar-refractivity contribution in [2.75, 3.05) is 25.0 Å². The molecule has 1 aliphatic rings. The Bertz CT molecular complexity index is 507. The molecule has 1 amide bonds. The summed E-state index contributed by atoms with van der Waals surface area (Å²) in [5, 5.41) is 6.79. The number of hydrogen-bond acceptors (Lipinski definition) is 4. The second-order valence-corrected chi connectivity index (χ2v) is 6.05. The molecule has 1 fully saturated rings. The summed E-state index contributed by atoms with van der Waals surface area (Å²) in [6, 6.07) is 1.90. The van der Waals surface area contributed by atoms with Crippen LogP contribution in [0.15, 0.2) is 6.07 Å². The monoisotopic (exact) mass is 276 g/mol. The Kier molecular flexibility index (Phi) is 4.28. The lowest BCUT2D eigenvalue weighted by Crippen LogP contribution is -2.39. The lowest BCUT2D eigenvalue weighted by atomic mass is 9.81. The van der Waals surface area contributed by atoms with Gasteiger partial charge >= 0.3 is 0 Å². The van der Waals surface area contributed by atoms with Crippen LogP contribution in [0, 0.1) is 19.3 Å². The minimum absolute atomic E-state index is 0.255.